The molecular weight excluding hydrogens is 763 g/mol. The van der Waals surface area contributed by atoms with E-state index in [2.05, 4.69) is 73.1 Å². The van der Waals surface area contributed by atoms with E-state index in [9.17, 15) is 18.0 Å². The Bertz CT molecular complexity index is 1290. The molecule has 0 saturated carbocycles. The van der Waals surface area contributed by atoms with Crippen LogP contribution < -0.4 is 5.32 Å². The van der Waals surface area contributed by atoms with Crippen LogP contribution in [-0.4, -0.2) is 37.2 Å². The quantitative estimate of drug-likeness (QED) is 0.159. The predicted molar refractivity (Wildman–Crippen MR) is 143 cm³/mol. The Labute approximate surface area is 219 Å². The summed E-state index contributed by atoms with van der Waals surface area (Å²) in [5, 5.41) is 4.09. The molecule has 0 aliphatic rings. The lowest BCUT2D eigenvalue weighted by Crippen LogP contribution is -2.16. The number of nitrogens with one attached hydrogen (secondary N) is 1. The van der Waals surface area contributed by atoms with E-state index in [0.717, 1.165) is 10.7 Å². The van der Waals surface area contributed by atoms with Gasteiger partial charge in [0, 0.05) is 21.8 Å². The smallest absolute Gasteiger partial charge is 0.338 e. The highest BCUT2D eigenvalue weighted by atomic mass is 127. The molecule has 0 spiro atoms. The van der Waals surface area contributed by atoms with E-state index in [4.69, 9.17) is 9.29 Å². The Morgan fingerprint density at radius 1 is 0.968 bits per heavy atom. The van der Waals surface area contributed by atoms with Gasteiger partial charge in [-0.1, -0.05) is 24.3 Å². The average molecular weight is 777 g/mol. The highest BCUT2D eigenvalue weighted by Crippen LogP contribution is 2.29. The minimum absolute atomic E-state index is 0.224. The molecule has 0 saturated heterocycles. The second-order valence-corrected chi connectivity index (χ2v) is 11.4. The van der Waals surface area contributed by atoms with Gasteiger partial charge in [0.05, 0.1) is 11.1 Å². The van der Waals surface area contributed by atoms with Crippen molar-refractivity contribution in [1.29, 1.82) is 0 Å². The molecule has 3 aromatic carbocycles. The van der Waals surface area contributed by atoms with Crippen LogP contribution in [0.5, 0.6) is 0 Å². The van der Waals surface area contributed by atoms with Gasteiger partial charge in [-0.05, 0) is 97.4 Å². The van der Waals surface area contributed by atoms with Crippen molar-refractivity contribution >= 4 is 106 Å². The van der Waals surface area contributed by atoms with Crippen LogP contribution in [0.2, 0.25) is 0 Å². The van der Waals surface area contributed by atoms with Crippen molar-refractivity contribution in [2.24, 2.45) is 0 Å². The maximum atomic E-state index is 12.9. The molecule has 11 heteroatoms. The third-order valence-corrected chi connectivity index (χ3v) is 8.55. The minimum Gasteiger partial charge on any atom is -0.461 e. The van der Waals surface area contributed by atoms with Crippen LogP contribution >= 0.6 is 67.8 Å². The van der Waals surface area contributed by atoms with Crippen molar-refractivity contribution < 1.29 is 27.3 Å². The molecule has 1 amide bonds. The molecule has 0 aromatic heterocycles. The first-order chi connectivity index (χ1) is 14.6. The molecule has 0 aliphatic carbocycles. The van der Waals surface area contributed by atoms with Gasteiger partial charge < -0.3 is 10.1 Å². The zero-order valence-electron chi connectivity index (χ0n) is 15.6. The standard InChI is InChI=1S/C20H14I3NO6S/c21-11-9-15(18(23)16(22)10-11)19(25)24-17-6-2-3-12-13(17)4-1-5-14(12)20(26)30-7-8-31(27,28)29/h1-6,9-10H,7-8H2,(H,24,25)(H,27,28,29). The summed E-state index contributed by atoms with van der Waals surface area (Å²) in [6.45, 7) is -0.464. The first-order valence-electron chi connectivity index (χ1n) is 8.67. The number of benzene rings is 3. The maximum Gasteiger partial charge on any atom is 0.338 e. The van der Waals surface area contributed by atoms with E-state index < -0.39 is 28.4 Å². The van der Waals surface area contributed by atoms with Gasteiger partial charge in [0.2, 0.25) is 0 Å². The predicted octanol–water partition coefficient (Wildman–Crippen LogP) is 4.95. The molecule has 31 heavy (non-hydrogen) atoms. The van der Waals surface area contributed by atoms with Gasteiger partial charge in [0.25, 0.3) is 16.0 Å². The first kappa shape index (κ1) is 24.6. The fourth-order valence-corrected chi connectivity index (χ4v) is 5.52. The van der Waals surface area contributed by atoms with Gasteiger partial charge in [0.15, 0.2) is 0 Å². The van der Waals surface area contributed by atoms with E-state index in [1.54, 1.807) is 36.4 Å². The average Bonchev–Trinajstić information content (AvgIpc) is 2.69. The Morgan fingerprint density at radius 3 is 2.35 bits per heavy atom. The summed E-state index contributed by atoms with van der Waals surface area (Å²) in [6, 6.07) is 13.9. The normalized spacial score (nSPS) is 11.4. The van der Waals surface area contributed by atoms with Gasteiger partial charge in [-0.2, -0.15) is 8.42 Å². The summed E-state index contributed by atoms with van der Waals surface area (Å²) in [6.07, 6.45) is 0. The van der Waals surface area contributed by atoms with Crippen LogP contribution in [0, 0.1) is 10.7 Å². The summed E-state index contributed by atoms with van der Waals surface area (Å²) in [5.41, 5.74) is 1.30. The first-order valence-corrected chi connectivity index (χ1v) is 13.5. The summed E-state index contributed by atoms with van der Waals surface area (Å²) in [7, 11) is -4.23. The fraction of sp³-hybridized carbons (Fsp3) is 0.100. The molecule has 3 rings (SSSR count). The molecule has 3 aromatic rings. The maximum absolute atomic E-state index is 12.9. The Hall–Kier alpha value is -1.04. The lowest BCUT2D eigenvalue weighted by molar-refractivity contribution is 0.0530. The Morgan fingerprint density at radius 2 is 1.65 bits per heavy atom. The highest BCUT2D eigenvalue weighted by molar-refractivity contribution is 14.1. The van der Waals surface area contributed by atoms with E-state index in [0.29, 0.717) is 22.0 Å². The van der Waals surface area contributed by atoms with Crippen LogP contribution in [0.1, 0.15) is 20.7 Å². The largest absolute Gasteiger partial charge is 0.461 e. The second kappa shape index (κ2) is 10.3. The topological polar surface area (TPSA) is 110 Å². The van der Waals surface area contributed by atoms with E-state index in [1.165, 1.54) is 0 Å². The van der Waals surface area contributed by atoms with Crippen molar-refractivity contribution in [2.45, 2.75) is 0 Å². The monoisotopic (exact) mass is 777 g/mol. The fourth-order valence-electron chi connectivity index (χ4n) is 2.83. The van der Waals surface area contributed by atoms with E-state index >= 15 is 0 Å². The molecule has 162 valence electrons. The van der Waals surface area contributed by atoms with Crippen LogP contribution in [0.15, 0.2) is 48.5 Å². The number of hydrogen-bond acceptors (Lipinski definition) is 5. The van der Waals surface area contributed by atoms with Crippen molar-refractivity contribution in [2.75, 3.05) is 17.7 Å². The number of carbonyl (C=O) groups is 2. The van der Waals surface area contributed by atoms with Gasteiger partial charge >= 0.3 is 5.97 Å². The second-order valence-electron chi connectivity index (χ2n) is 6.33. The lowest BCUT2D eigenvalue weighted by Gasteiger charge is -2.13. The number of fused-ring (bicyclic) bond motifs is 1. The van der Waals surface area contributed by atoms with Gasteiger partial charge in [-0.25, -0.2) is 4.79 Å². The molecular formula is C20H14I3NO6S. The number of hydrogen-bond donors (Lipinski definition) is 2. The summed E-state index contributed by atoms with van der Waals surface area (Å²) in [4.78, 5) is 25.4. The van der Waals surface area contributed by atoms with Crippen LogP contribution in [0.3, 0.4) is 0 Å². The number of carbonyl (C=O) groups excluding carboxylic acids is 2. The molecule has 0 unspecified atom stereocenters. The molecule has 7 nitrogen and oxygen atoms in total. The zero-order valence-corrected chi connectivity index (χ0v) is 22.9. The van der Waals surface area contributed by atoms with E-state index in [1.807, 2.05) is 12.1 Å². The number of ether oxygens (including phenoxy) is 1. The van der Waals surface area contributed by atoms with Gasteiger partial charge in [0.1, 0.15) is 12.4 Å². The van der Waals surface area contributed by atoms with Crippen molar-refractivity contribution in [3.63, 3.8) is 0 Å². The summed E-state index contributed by atoms with van der Waals surface area (Å²) < 4.78 is 38.2. The number of amides is 1. The van der Waals surface area contributed by atoms with Gasteiger partial charge in [-0.15, -0.1) is 0 Å². The van der Waals surface area contributed by atoms with Crippen molar-refractivity contribution in [3.8, 4) is 0 Å². The number of halogens is 3. The van der Waals surface area contributed by atoms with Crippen LogP contribution in [0.4, 0.5) is 5.69 Å². The van der Waals surface area contributed by atoms with Crippen LogP contribution in [-0.2, 0) is 14.9 Å². The van der Waals surface area contributed by atoms with Crippen molar-refractivity contribution in [1.82, 2.24) is 0 Å². The Kier molecular flexibility index (Phi) is 8.15. The molecule has 0 atom stereocenters. The number of rotatable bonds is 6. The number of anilines is 1. The molecule has 0 radical (unpaired) electrons. The lowest BCUT2D eigenvalue weighted by atomic mass is 10.0. The highest BCUT2D eigenvalue weighted by Gasteiger charge is 2.17. The molecule has 0 bridgehead atoms. The third kappa shape index (κ3) is 6.27. The molecule has 2 N–H and O–H groups in total. The molecule has 0 heterocycles. The van der Waals surface area contributed by atoms with E-state index in [-0.39, 0.29) is 11.5 Å². The summed E-state index contributed by atoms with van der Waals surface area (Å²) >= 11 is 6.48. The summed E-state index contributed by atoms with van der Waals surface area (Å²) in [5.74, 6) is -1.67. The zero-order chi connectivity index (χ0) is 22.8. The van der Waals surface area contributed by atoms with Crippen molar-refractivity contribution in [3.05, 3.63) is 70.4 Å². The van der Waals surface area contributed by atoms with Gasteiger partial charge in [-0.3, -0.25) is 9.35 Å². The third-order valence-electron chi connectivity index (χ3n) is 4.20. The molecule has 0 fully saturated rings. The van der Waals surface area contributed by atoms with Crippen LogP contribution in [0.25, 0.3) is 10.8 Å². The number of esters is 1. The molecule has 0 aliphatic heterocycles. The SMILES string of the molecule is O=C(Nc1cccc2c(C(=O)OCCS(=O)(=O)O)cccc12)c1cc(I)cc(I)c1I. The Balaban J connectivity index is 1.91. The minimum atomic E-state index is -4.23.